The zero-order valence-electron chi connectivity index (χ0n) is 11.5. The molecule has 0 aromatic heterocycles. The fraction of sp³-hybridized carbons (Fsp3) is 0.286. The number of nitrogens with two attached hydrogens (primary N) is 1. The van der Waals surface area contributed by atoms with Crippen molar-refractivity contribution >= 4 is 17.3 Å². The molecule has 0 atom stereocenters. The highest BCUT2D eigenvalue weighted by molar-refractivity contribution is 5.97. The molecule has 1 aromatic rings. The Morgan fingerprint density at radius 3 is 2.33 bits per heavy atom. The number of carbonyl (C=O) groups is 1. The summed E-state index contributed by atoms with van der Waals surface area (Å²) in [7, 11) is 0. The van der Waals surface area contributed by atoms with Crippen molar-refractivity contribution in [3.63, 3.8) is 0 Å². The molecule has 5 N–H and O–H groups in total. The highest BCUT2D eigenvalue weighted by Crippen LogP contribution is 2.11. The van der Waals surface area contributed by atoms with Crippen LogP contribution in [0.3, 0.4) is 0 Å². The van der Waals surface area contributed by atoms with Gasteiger partial charge in [-0.05, 0) is 24.3 Å². The van der Waals surface area contributed by atoms with Gasteiger partial charge in [-0.1, -0.05) is 0 Å². The predicted molar refractivity (Wildman–Crippen MR) is 78.9 cm³/mol. The molecule has 0 saturated carbocycles. The first kappa shape index (κ1) is 16.5. The minimum Gasteiger partial charge on any atom is -0.399 e. The van der Waals surface area contributed by atoms with Crippen LogP contribution in [0.2, 0.25) is 0 Å². The van der Waals surface area contributed by atoms with Crippen LogP contribution < -0.4 is 11.1 Å². The summed E-state index contributed by atoms with van der Waals surface area (Å²) in [6, 6.07) is 8.60. The summed E-state index contributed by atoms with van der Waals surface area (Å²) in [4.78, 5) is 13.3. The third kappa shape index (κ3) is 5.14. The van der Waals surface area contributed by atoms with E-state index in [1.807, 2.05) is 0 Å². The van der Waals surface area contributed by atoms with Gasteiger partial charge < -0.3 is 26.2 Å². The van der Waals surface area contributed by atoms with Crippen LogP contribution in [0, 0.1) is 11.3 Å². The first-order valence-electron chi connectivity index (χ1n) is 6.35. The molecule has 0 unspecified atom stereocenters. The van der Waals surface area contributed by atoms with Crippen molar-refractivity contribution < 1.29 is 15.0 Å². The van der Waals surface area contributed by atoms with Gasteiger partial charge in [0.1, 0.15) is 11.6 Å². The lowest BCUT2D eigenvalue weighted by Gasteiger charge is -2.20. The van der Waals surface area contributed by atoms with Crippen LogP contribution in [-0.4, -0.2) is 47.3 Å². The van der Waals surface area contributed by atoms with Crippen LogP contribution in [0.15, 0.2) is 36.0 Å². The van der Waals surface area contributed by atoms with Crippen LogP contribution in [0.25, 0.3) is 0 Å². The maximum Gasteiger partial charge on any atom is 0.266 e. The van der Waals surface area contributed by atoms with Crippen molar-refractivity contribution in [2.75, 3.05) is 37.4 Å². The number of nitrogen functional groups attached to an aromatic ring is 1. The second-order valence-corrected chi connectivity index (χ2v) is 4.18. The van der Waals surface area contributed by atoms with E-state index >= 15 is 0 Å². The minimum atomic E-state index is -0.552. The van der Waals surface area contributed by atoms with E-state index in [1.54, 1.807) is 30.3 Å². The van der Waals surface area contributed by atoms with E-state index in [4.69, 9.17) is 21.2 Å². The molecule has 0 fully saturated rings. The maximum absolute atomic E-state index is 12.1. The van der Waals surface area contributed by atoms with Gasteiger partial charge in [0.2, 0.25) is 0 Å². The van der Waals surface area contributed by atoms with E-state index in [0.717, 1.165) is 0 Å². The SMILES string of the molecule is N#C/C(=C/Nc1ccc(N)cc1)C(=O)N(CCO)CCO. The van der Waals surface area contributed by atoms with Crippen LogP contribution in [-0.2, 0) is 4.79 Å². The molecular weight excluding hydrogens is 272 g/mol. The van der Waals surface area contributed by atoms with Gasteiger partial charge in [-0.15, -0.1) is 0 Å². The Balaban J connectivity index is 2.80. The highest BCUT2D eigenvalue weighted by atomic mass is 16.3. The van der Waals surface area contributed by atoms with Crippen LogP contribution in [0.1, 0.15) is 0 Å². The molecular formula is C14H18N4O3. The molecule has 0 bridgehead atoms. The van der Waals surface area contributed by atoms with Gasteiger partial charge in [-0.2, -0.15) is 5.26 Å². The molecule has 0 saturated heterocycles. The average Bonchev–Trinajstić information content (AvgIpc) is 2.49. The Hall–Kier alpha value is -2.56. The summed E-state index contributed by atoms with van der Waals surface area (Å²) in [6.07, 6.45) is 1.29. The number of amides is 1. The summed E-state index contributed by atoms with van der Waals surface area (Å²) in [5.41, 5.74) is 6.73. The summed E-state index contributed by atoms with van der Waals surface area (Å²) in [6.45, 7) is -0.369. The minimum absolute atomic E-state index is 0.0558. The van der Waals surface area contributed by atoms with Crippen LogP contribution >= 0.6 is 0 Å². The van der Waals surface area contributed by atoms with E-state index in [1.165, 1.54) is 11.1 Å². The third-order valence-electron chi connectivity index (χ3n) is 2.67. The summed E-state index contributed by atoms with van der Waals surface area (Å²) < 4.78 is 0. The zero-order valence-corrected chi connectivity index (χ0v) is 11.5. The molecule has 0 aliphatic carbocycles. The van der Waals surface area contributed by atoms with E-state index in [2.05, 4.69) is 5.32 Å². The zero-order chi connectivity index (χ0) is 15.7. The second kappa shape index (κ2) is 8.58. The van der Waals surface area contributed by atoms with E-state index in [0.29, 0.717) is 11.4 Å². The van der Waals surface area contributed by atoms with Gasteiger partial charge in [0, 0.05) is 30.7 Å². The number of aliphatic hydroxyl groups is 2. The Bertz CT molecular complexity index is 528. The number of hydrogen-bond acceptors (Lipinski definition) is 6. The Morgan fingerprint density at radius 1 is 1.29 bits per heavy atom. The average molecular weight is 290 g/mol. The molecule has 0 heterocycles. The molecule has 112 valence electrons. The van der Waals surface area contributed by atoms with Crippen molar-refractivity contribution in [3.8, 4) is 6.07 Å². The number of anilines is 2. The lowest BCUT2D eigenvalue weighted by atomic mass is 10.2. The predicted octanol–water partition coefficient (Wildman–Crippen LogP) is -0.0986. The van der Waals surface area contributed by atoms with E-state index in [9.17, 15) is 4.79 Å². The summed E-state index contributed by atoms with van der Waals surface area (Å²) >= 11 is 0. The molecule has 0 aliphatic heterocycles. The number of benzene rings is 1. The molecule has 7 nitrogen and oxygen atoms in total. The van der Waals surface area contributed by atoms with Crippen molar-refractivity contribution in [3.05, 3.63) is 36.0 Å². The lowest BCUT2D eigenvalue weighted by Crippen LogP contribution is -2.36. The molecule has 1 aromatic carbocycles. The standard InChI is InChI=1S/C14H18N4O3/c15-9-11(14(21)18(5-7-19)6-8-20)10-17-13-3-1-12(16)2-4-13/h1-4,10,17,19-20H,5-8,16H2/b11-10-. The first-order chi connectivity index (χ1) is 10.1. The third-order valence-corrected chi connectivity index (χ3v) is 2.67. The summed E-state index contributed by atoms with van der Waals surface area (Å²) in [5, 5.41) is 29.7. The number of nitriles is 1. The highest BCUT2D eigenvalue weighted by Gasteiger charge is 2.17. The number of carbonyl (C=O) groups excluding carboxylic acids is 1. The van der Waals surface area contributed by atoms with Crippen LogP contribution in [0.4, 0.5) is 11.4 Å². The van der Waals surface area contributed by atoms with Gasteiger partial charge in [0.25, 0.3) is 5.91 Å². The maximum atomic E-state index is 12.1. The second-order valence-electron chi connectivity index (χ2n) is 4.18. The number of rotatable bonds is 7. The molecule has 0 spiro atoms. The lowest BCUT2D eigenvalue weighted by molar-refractivity contribution is -0.127. The van der Waals surface area contributed by atoms with Gasteiger partial charge in [0.15, 0.2) is 0 Å². The fourth-order valence-electron chi connectivity index (χ4n) is 1.60. The molecule has 1 amide bonds. The first-order valence-corrected chi connectivity index (χ1v) is 6.35. The van der Waals surface area contributed by atoms with E-state index < -0.39 is 5.91 Å². The van der Waals surface area contributed by atoms with Gasteiger partial charge in [-0.3, -0.25) is 4.79 Å². The van der Waals surface area contributed by atoms with E-state index in [-0.39, 0.29) is 31.9 Å². The topological polar surface area (TPSA) is 123 Å². The monoisotopic (exact) mass is 290 g/mol. The number of nitrogens with one attached hydrogen (secondary N) is 1. The van der Waals surface area contributed by atoms with Gasteiger partial charge in [0.05, 0.1) is 13.2 Å². The van der Waals surface area contributed by atoms with Crippen molar-refractivity contribution in [2.45, 2.75) is 0 Å². The Morgan fingerprint density at radius 2 is 1.86 bits per heavy atom. The molecule has 0 radical (unpaired) electrons. The Kier molecular flexibility index (Phi) is 6.74. The van der Waals surface area contributed by atoms with Gasteiger partial charge >= 0.3 is 0 Å². The number of hydrogen-bond donors (Lipinski definition) is 4. The molecule has 7 heteroatoms. The Labute approximate surface area is 122 Å². The largest absolute Gasteiger partial charge is 0.399 e. The molecule has 21 heavy (non-hydrogen) atoms. The number of nitrogens with zero attached hydrogens (tertiary/aromatic N) is 2. The number of aliphatic hydroxyl groups excluding tert-OH is 2. The summed E-state index contributed by atoms with van der Waals surface area (Å²) in [5.74, 6) is -0.552. The van der Waals surface area contributed by atoms with Crippen molar-refractivity contribution in [1.82, 2.24) is 4.90 Å². The normalized spacial score (nSPS) is 10.8. The molecule has 1 rings (SSSR count). The van der Waals surface area contributed by atoms with Gasteiger partial charge in [-0.25, -0.2) is 0 Å². The van der Waals surface area contributed by atoms with Crippen molar-refractivity contribution in [2.24, 2.45) is 0 Å². The van der Waals surface area contributed by atoms with Crippen LogP contribution in [0.5, 0.6) is 0 Å². The molecule has 0 aliphatic rings. The smallest absolute Gasteiger partial charge is 0.266 e. The fourth-order valence-corrected chi connectivity index (χ4v) is 1.60. The quantitative estimate of drug-likeness (QED) is 0.316. The van der Waals surface area contributed by atoms with Crippen molar-refractivity contribution in [1.29, 1.82) is 5.26 Å².